The molecule has 0 aliphatic heterocycles. The second-order valence-corrected chi connectivity index (χ2v) is 7.78. The molecule has 0 saturated heterocycles. The number of hydrogen-bond acceptors (Lipinski definition) is 5. The molecule has 164 valence electrons. The Kier molecular flexibility index (Phi) is 6.23. The SMILES string of the molecule is COc1ccc(CN(c2cccc(-c3ccc(C#N)cc3)c2)c2c(C(C)=O)n[nH]c2C)cc1. The van der Waals surface area contributed by atoms with E-state index in [9.17, 15) is 4.79 Å². The van der Waals surface area contributed by atoms with Crippen LogP contribution in [0.2, 0.25) is 0 Å². The van der Waals surface area contributed by atoms with Crippen molar-refractivity contribution in [3.05, 3.63) is 95.3 Å². The van der Waals surface area contributed by atoms with E-state index < -0.39 is 0 Å². The van der Waals surface area contributed by atoms with Gasteiger partial charge in [0.2, 0.25) is 0 Å². The maximum absolute atomic E-state index is 12.3. The van der Waals surface area contributed by atoms with Gasteiger partial charge in [0.1, 0.15) is 5.75 Å². The highest BCUT2D eigenvalue weighted by Gasteiger charge is 2.22. The number of rotatable bonds is 7. The summed E-state index contributed by atoms with van der Waals surface area (Å²) >= 11 is 0. The Bertz CT molecular complexity index is 1320. The molecule has 1 aromatic heterocycles. The lowest BCUT2D eigenvalue weighted by Gasteiger charge is -2.26. The standard InChI is InChI=1S/C27H24N4O2/c1-18-27(26(19(2)32)30-29-18)31(17-21-9-13-25(33-3)14-10-21)24-6-4-5-23(15-24)22-11-7-20(16-28)8-12-22/h4-15H,17H2,1-3H3,(H,29,30). The van der Waals surface area contributed by atoms with E-state index >= 15 is 0 Å². The summed E-state index contributed by atoms with van der Waals surface area (Å²) < 4.78 is 5.29. The van der Waals surface area contributed by atoms with Gasteiger partial charge in [0, 0.05) is 19.2 Å². The average molecular weight is 437 g/mol. The molecule has 0 saturated carbocycles. The number of aromatic amines is 1. The number of ketones is 1. The summed E-state index contributed by atoms with van der Waals surface area (Å²) in [6.07, 6.45) is 0. The van der Waals surface area contributed by atoms with Crippen LogP contribution in [-0.4, -0.2) is 23.1 Å². The smallest absolute Gasteiger partial charge is 0.182 e. The van der Waals surface area contributed by atoms with Crippen LogP contribution in [0.15, 0.2) is 72.8 Å². The van der Waals surface area contributed by atoms with Gasteiger partial charge in [-0.05, 0) is 60.0 Å². The van der Waals surface area contributed by atoms with Gasteiger partial charge >= 0.3 is 0 Å². The highest BCUT2D eigenvalue weighted by molar-refractivity contribution is 5.99. The van der Waals surface area contributed by atoms with Gasteiger partial charge in [-0.1, -0.05) is 36.4 Å². The van der Waals surface area contributed by atoms with Gasteiger partial charge in [0.15, 0.2) is 11.5 Å². The van der Waals surface area contributed by atoms with Crippen molar-refractivity contribution in [1.82, 2.24) is 10.2 Å². The predicted molar refractivity (Wildman–Crippen MR) is 129 cm³/mol. The lowest BCUT2D eigenvalue weighted by Crippen LogP contribution is -2.19. The van der Waals surface area contributed by atoms with Crippen LogP contribution >= 0.6 is 0 Å². The number of aryl methyl sites for hydroxylation is 1. The maximum atomic E-state index is 12.3. The third kappa shape index (κ3) is 4.63. The molecule has 0 radical (unpaired) electrons. The number of carbonyl (C=O) groups excluding carboxylic acids is 1. The van der Waals surface area contributed by atoms with E-state index in [4.69, 9.17) is 10.00 Å². The summed E-state index contributed by atoms with van der Waals surface area (Å²) in [7, 11) is 1.64. The van der Waals surface area contributed by atoms with Crippen molar-refractivity contribution in [2.24, 2.45) is 0 Å². The van der Waals surface area contributed by atoms with Crippen molar-refractivity contribution in [1.29, 1.82) is 5.26 Å². The Hall–Kier alpha value is -4.37. The summed E-state index contributed by atoms with van der Waals surface area (Å²) in [5, 5.41) is 16.3. The molecule has 0 aliphatic carbocycles. The van der Waals surface area contributed by atoms with Crippen molar-refractivity contribution < 1.29 is 9.53 Å². The van der Waals surface area contributed by atoms with E-state index in [1.54, 1.807) is 7.11 Å². The molecule has 6 nitrogen and oxygen atoms in total. The number of nitrogens with zero attached hydrogens (tertiary/aromatic N) is 3. The number of anilines is 2. The molecule has 0 amide bonds. The number of benzene rings is 3. The number of hydrogen-bond donors (Lipinski definition) is 1. The van der Waals surface area contributed by atoms with Crippen LogP contribution in [0.1, 0.15) is 34.2 Å². The first-order valence-electron chi connectivity index (χ1n) is 10.6. The fraction of sp³-hybridized carbons (Fsp3) is 0.148. The van der Waals surface area contributed by atoms with E-state index in [0.29, 0.717) is 17.8 Å². The summed E-state index contributed by atoms with van der Waals surface area (Å²) in [6.45, 7) is 3.99. The molecule has 4 rings (SSSR count). The van der Waals surface area contributed by atoms with Gasteiger partial charge in [-0.15, -0.1) is 0 Å². The zero-order chi connectivity index (χ0) is 23.4. The number of Topliss-reactive ketones (excluding diaryl/α,β-unsaturated/α-hetero) is 1. The summed E-state index contributed by atoms with van der Waals surface area (Å²) in [5.74, 6) is 0.689. The Labute approximate surface area is 193 Å². The minimum atomic E-state index is -0.0997. The first-order valence-corrected chi connectivity index (χ1v) is 10.6. The van der Waals surface area contributed by atoms with Gasteiger partial charge in [0.05, 0.1) is 30.1 Å². The van der Waals surface area contributed by atoms with Gasteiger partial charge < -0.3 is 9.64 Å². The number of aromatic nitrogens is 2. The molecule has 0 aliphatic rings. The molecular formula is C27H24N4O2. The third-order valence-corrected chi connectivity index (χ3v) is 5.52. The molecule has 3 aromatic carbocycles. The second kappa shape index (κ2) is 9.41. The number of nitrogens with one attached hydrogen (secondary N) is 1. The van der Waals surface area contributed by atoms with Crippen LogP contribution in [0, 0.1) is 18.3 Å². The number of ether oxygens (including phenoxy) is 1. The minimum Gasteiger partial charge on any atom is -0.497 e. The topological polar surface area (TPSA) is 82.0 Å². The highest BCUT2D eigenvalue weighted by atomic mass is 16.5. The summed E-state index contributed by atoms with van der Waals surface area (Å²) in [4.78, 5) is 14.4. The molecule has 0 unspecified atom stereocenters. The van der Waals surface area contributed by atoms with Crippen LogP contribution in [0.25, 0.3) is 11.1 Å². The van der Waals surface area contributed by atoms with E-state index in [-0.39, 0.29) is 5.78 Å². The maximum Gasteiger partial charge on any atom is 0.182 e. The second-order valence-electron chi connectivity index (χ2n) is 7.78. The molecular weight excluding hydrogens is 412 g/mol. The summed E-state index contributed by atoms with van der Waals surface area (Å²) in [6, 6.07) is 25.7. The van der Waals surface area contributed by atoms with Gasteiger partial charge in [-0.3, -0.25) is 9.89 Å². The molecule has 0 bridgehead atoms. The molecule has 33 heavy (non-hydrogen) atoms. The Balaban J connectivity index is 1.80. The van der Waals surface area contributed by atoms with Gasteiger partial charge in [-0.2, -0.15) is 10.4 Å². The zero-order valence-corrected chi connectivity index (χ0v) is 18.8. The Morgan fingerprint density at radius 1 is 1.06 bits per heavy atom. The van der Waals surface area contributed by atoms with Crippen LogP contribution in [0.4, 0.5) is 11.4 Å². The largest absolute Gasteiger partial charge is 0.497 e. The molecule has 0 atom stereocenters. The van der Waals surface area contributed by atoms with Crippen molar-refractivity contribution in [3.63, 3.8) is 0 Å². The molecule has 0 spiro atoms. The fourth-order valence-electron chi connectivity index (χ4n) is 3.80. The number of methoxy groups -OCH3 is 1. The Morgan fingerprint density at radius 2 is 1.79 bits per heavy atom. The van der Waals surface area contributed by atoms with E-state index in [1.165, 1.54) is 6.92 Å². The molecule has 4 aromatic rings. The minimum absolute atomic E-state index is 0.0997. The first-order chi connectivity index (χ1) is 16.0. The van der Waals surface area contributed by atoms with Crippen LogP contribution in [0.5, 0.6) is 5.75 Å². The van der Waals surface area contributed by atoms with Crippen molar-refractivity contribution in [2.75, 3.05) is 12.0 Å². The Morgan fingerprint density at radius 3 is 2.42 bits per heavy atom. The van der Waals surface area contributed by atoms with E-state index in [0.717, 1.165) is 39.5 Å². The number of carbonyl (C=O) groups is 1. The van der Waals surface area contributed by atoms with Gasteiger partial charge in [0.25, 0.3) is 0 Å². The molecule has 6 heteroatoms. The van der Waals surface area contributed by atoms with E-state index in [2.05, 4.69) is 27.2 Å². The zero-order valence-electron chi connectivity index (χ0n) is 18.8. The number of H-pyrrole nitrogens is 1. The first kappa shape index (κ1) is 21.8. The molecule has 0 fully saturated rings. The summed E-state index contributed by atoms with van der Waals surface area (Å²) in [5.41, 5.74) is 6.63. The van der Waals surface area contributed by atoms with E-state index in [1.807, 2.05) is 73.7 Å². The van der Waals surface area contributed by atoms with Crippen molar-refractivity contribution >= 4 is 17.2 Å². The third-order valence-electron chi connectivity index (χ3n) is 5.52. The monoisotopic (exact) mass is 436 g/mol. The predicted octanol–water partition coefficient (Wildman–Crippen LogP) is 5.81. The number of nitriles is 1. The average Bonchev–Trinajstić information content (AvgIpc) is 3.24. The van der Waals surface area contributed by atoms with Crippen LogP contribution in [-0.2, 0) is 6.54 Å². The van der Waals surface area contributed by atoms with Crippen LogP contribution in [0.3, 0.4) is 0 Å². The van der Waals surface area contributed by atoms with Crippen molar-refractivity contribution in [2.45, 2.75) is 20.4 Å². The van der Waals surface area contributed by atoms with Gasteiger partial charge in [-0.25, -0.2) is 0 Å². The fourth-order valence-corrected chi connectivity index (χ4v) is 3.80. The normalized spacial score (nSPS) is 10.5. The molecule has 1 heterocycles. The highest BCUT2D eigenvalue weighted by Crippen LogP contribution is 2.35. The van der Waals surface area contributed by atoms with Crippen molar-refractivity contribution in [3.8, 4) is 22.9 Å². The quantitative estimate of drug-likeness (QED) is 0.370. The molecule has 1 N–H and O–H groups in total. The lowest BCUT2D eigenvalue weighted by molar-refractivity contribution is 0.101. The lowest BCUT2D eigenvalue weighted by atomic mass is 10.0. The van der Waals surface area contributed by atoms with Crippen LogP contribution < -0.4 is 9.64 Å².